The lowest BCUT2D eigenvalue weighted by molar-refractivity contribution is -0.122. The Morgan fingerprint density at radius 3 is 2.55 bits per heavy atom. The minimum atomic E-state index is -3.61. The van der Waals surface area contributed by atoms with Crippen LogP contribution in [0.5, 0.6) is 0 Å². The van der Waals surface area contributed by atoms with Gasteiger partial charge in [-0.15, -0.1) is 0 Å². The van der Waals surface area contributed by atoms with E-state index in [2.05, 4.69) is 38.7 Å². The van der Waals surface area contributed by atoms with E-state index in [0.717, 1.165) is 58.5 Å². The average Bonchev–Trinajstić information content (AvgIpc) is 3.04. The number of likely N-dealkylation sites (N-methyl/N-ethyl adjacent to an activating group) is 1. The van der Waals surface area contributed by atoms with Crippen LogP contribution in [0.15, 0.2) is 34.2 Å². The molecule has 1 aromatic carbocycles. The van der Waals surface area contributed by atoms with Crippen LogP contribution in [0, 0.1) is 0 Å². The van der Waals surface area contributed by atoms with Gasteiger partial charge in [0, 0.05) is 38.3 Å². The summed E-state index contributed by atoms with van der Waals surface area (Å²) in [5, 5.41) is 3.01. The Labute approximate surface area is 186 Å². The highest BCUT2D eigenvalue weighted by Gasteiger charge is 2.31. The van der Waals surface area contributed by atoms with Gasteiger partial charge in [-0.05, 0) is 38.1 Å². The maximum atomic E-state index is 12.8. The quantitative estimate of drug-likeness (QED) is 0.527. The van der Waals surface area contributed by atoms with E-state index in [1.807, 2.05) is 0 Å². The van der Waals surface area contributed by atoms with Crippen molar-refractivity contribution in [3.05, 3.63) is 29.8 Å². The highest BCUT2D eigenvalue weighted by Crippen LogP contribution is 2.23. The SMILES string of the molecule is CCCCC(N=C1NS(=O)(=O)c2ccccc21)C(=O)NCCCN1CCN(CC)CC1. The molecule has 9 heteroatoms. The predicted octanol–water partition coefficient (Wildman–Crippen LogP) is 1.43. The average molecular weight is 450 g/mol. The van der Waals surface area contributed by atoms with Gasteiger partial charge in [0.25, 0.3) is 10.0 Å². The molecule has 0 radical (unpaired) electrons. The molecule has 0 aromatic heterocycles. The summed E-state index contributed by atoms with van der Waals surface area (Å²) in [4.78, 5) is 22.5. The molecule has 2 aliphatic heterocycles. The van der Waals surface area contributed by atoms with Crippen molar-refractivity contribution in [2.45, 2.75) is 50.5 Å². The van der Waals surface area contributed by atoms with Gasteiger partial charge in [-0.2, -0.15) is 0 Å². The summed E-state index contributed by atoms with van der Waals surface area (Å²) in [6, 6.07) is 6.14. The van der Waals surface area contributed by atoms with Crippen molar-refractivity contribution in [2.24, 2.45) is 4.99 Å². The summed E-state index contributed by atoms with van der Waals surface area (Å²) >= 11 is 0. The molecule has 2 heterocycles. The Kier molecular flexibility index (Phi) is 8.45. The highest BCUT2D eigenvalue weighted by molar-refractivity contribution is 7.90. The van der Waals surface area contributed by atoms with Crippen LogP contribution in [0.25, 0.3) is 0 Å². The second kappa shape index (κ2) is 11.1. The fraction of sp³-hybridized carbons (Fsp3) is 0.636. The van der Waals surface area contributed by atoms with E-state index in [9.17, 15) is 13.2 Å². The molecular weight excluding hydrogens is 414 g/mol. The topological polar surface area (TPSA) is 94.1 Å². The lowest BCUT2D eigenvalue weighted by atomic mass is 10.1. The molecule has 1 unspecified atom stereocenters. The minimum absolute atomic E-state index is 0.139. The number of fused-ring (bicyclic) bond motifs is 1. The van der Waals surface area contributed by atoms with E-state index >= 15 is 0 Å². The van der Waals surface area contributed by atoms with Crippen LogP contribution >= 0.6 is 0 Å². The molecule has 0 saturated carbocycles. The van der Waals surface area contributed by atoms with Crippen LogP contribution in [0.4, 0.5) is 0 Å². The molecule has 31 heavy (non-hydrogen) atoms. The molecule has 2 N–H and O–H groups in total. The molecule has 2 aliphatic rings. The third-order valence-electron chi connectivity index (χ3n) is 5.94. The Balaban J connectivity index is 1.56. The number of nitrogens with one attached hydrogen (secondary N) is 2. The number of rotatable bonds is 10. The molecule has 3 rings (SSSR count). The van der Waals surface area contributed by atoms with Gasteiger partial charge in [-0.3, -0.25) is 14.5 Å². The summed E-state index contributed by atoms with van der Waals surface area (Å²) in [6.45, 7) is 11.3. The number of sulfonamides is 1. The maximum absolute atomic E-state index is 12.8. The zero-order valence-electron chi connectivity index (χ0n) is 18.6. The number of unbranched alkanes of at least 4 members (excludes halogenated alkanes) is 1. The van der Waals surface area contributed by atoms with Crippen LogP contribution in [0.2, 0.25) is 0 Å². The Hall–Kier alpha value is -1.97. The Morgan fingerprint density at radius 2 is 1.84 bits per heavy atom. The number of amidine groups is 1. The fourth-order valence-electron chi connectivity index (χ4n) is 4.00. The Bertz CT molecular complexity index is 879. The van der Waals surface area contributed by atoms with Gasteiger partial charge in [0.2, 0.25) is 5.91 Å². The molecule has 1 amide bonds. The first kappa shape index (κ1) is 23.7. The Morgan fingerprint density at radius 1 is 1.13 bits per heavy atom. The molecule has 1 atom stereocenters. The normalized spacial score (nSPS) is 20.9. The van der Waals surface area contributed by atoms with Crippen molar-refractivity contribution in [1.29, 1.82) is 0 Å². The van der Waals surface area contributed by atoms with E-state index in [4.69, 9.17) is 0 Å². The van der Waals surface area contributed by atoms with Gasteiger partial charge in [-0.25, -0.2) is 8.42 Å². The molecule has 0 spiro atoms. The minimum Gasteiger partial charge on any atom is -0.354 e. The van der Waals surface area contributed by atoms with Gasteiger partial charge < -0.3 is 15.1 Å². The number of carbonyl (C=O) groups is 1. The molecule has 0 bridgehead atoms. The fourth-order valence-corrected chi connectivity index (χ4v) is 5.24. The summed E-state index contributed by atoms with van der Waals surface area (Å²) in [6.07, 6.45) is 3.28. The van der Waals surface area contributed by atoms with Crippen molar-refractivity contribution in [1.82, 2.24) is 19.8 Å². The number of amides is 1. The second-order valence-corrected chi connectivity index (χ2v) is 9.81. The van der Waals surface area contributed by atoms with Crippen molar-refractivity contribution < 1.29 is 13.2 Å². The van der Waals surface area contributed by atoms with Crippen LogP contribution in [0.3, 0.4) is 0 Å². The molecule has 8 nitrogen and oxygen atoms in total. The maximum Gasteiger partial charge on any atom is 0.263 e. The van der Waals surface area contributed by atoms with Crippen LogP contribution in [-0.2, 0) is 14.8 Å². The number of aliphatic imine (C=N–C) groups is 1. The number of nitrogens with zero attached hydrogens (tertiary/aromatic N) is 3. The van der Waals surface area contributed by atoms with Gasteiger partial charge in [0.05, 0.1) is 4.90 Å². The van der Waals surface area contributed by atoms with E-state index in [0.29, 0.717) is 18.5 Å². The zero-order chi connectivity index (χ0) is 22.3. The van der Waals surface area contributed by atoms with Gasteiger partial charge in [0.15, 0.2) is 0 Å². The van der Waals surface area contributed by atoms with Crippen molar-refractivity contribution in [3.8, 4) is 0 Å². The smallest absolute Gasteiger partial charge is 0.263 e. The van der Waals surface area contributed by atoms with E-state index in [-0.39, 0.29) is 16.6 Å². The standard InChI is InChI=1S/C22H35N5O3S/c1-3-5-10-19(24-21-18-9-6-7-11-20(18)31(29,30)25-21)22(28)23-12-8-13-27-16-14-26(4-2)15-17-27/h6-7,9,11,19H,3-5,8,10,12-17H2,1-2H3,(H,23,28)(H,24,25). The van der Waals surface area contributed by atoms with Gasteiger partial charge in [-0.1, -0.05) is 38.8 Å². The lowest BCUT2D eigenvalue weighted by Gasteiger charge is -2.34. The van der Waals surface area contributed by atoms with Crippen molar-refractivity contribution >= 4 is 21.8 Å². The van der Waals surface area contributed by atoms with Crippen LogP contribution in [0.1, 0.15) is 45.1 Å². The summed E-state index contributed by atoms with van der Waals surface area (Å²) in [5.74, 6) is 0.126. The van der Waals surface area contributed by atoms with Crippen LogP contribution in [-0.4, -0.2) is 81.8 Å². The van der Waals surface area contributed by atoms with Crippen molar-refractivity contribution in [3.63, 3.8) is 0 Å². The molecule has 0 aliphatic carbocycles. The summed E-state index contributed by atoms with van der Waals surface area (Å²) in [5.41, 5.74) is 0.531. The zero-order valence-corrected chi connectivity index (χ0v) is 19.5. The number of carbonyl (C=O) groups excluding carboxylic acids is 1. The van der Waals surface area contributed by atoms with E-state index in [1.165, 1.54) is 0 Å². The third-order valence-corrected chi connectivity index (χ3v) is 7.34. The molecule has 1 aromatic rings. The summed E-state index contributed by atoms with van der Waals surface area (Å²) in [7, 11) is -3.61. The number of piperazine rings is 1. The molecule has 1 fully saturated rings. The molecular formula is C22H35N5O3S. The highest BCUT2D eigenvalue weighted by atomic mass is 32.2. The largest absolute Gasteiger partial charge is 0.354 e. The monoisotopic (exact) mass is 449 g/mol. The number of hydrogen-bond donors (Lipinski definition) is 2. The first-order chi connectivity index (χ1) is 14.9. The van der Waals surface area contributed by atoms with Crippen molar-refractivity contribution in [2.75, 3.05) is 45.8 Å². The number of benzene rings is 1. The predicted molar refractivity (Wildman–Crippen MR) is 123 cm³/mol. The first-order valence-corrected chi connectivity index (χ1v) is 12.9. The first-order valence-electron chi connectivity index (χ1n) is 11.4. The molecule has 1 saturated heterocycles. The van der Waals surface area contributed by atoms with E-state index in [1.54, 1.807) is 24.3 Å². The summed E-state index contributed by atoms with van der Waals surface area (Å²) < 4.78 is 27.2. The van der Waals surface area contributed by atoms with E-state index < -0.39 is 16.1 Å². The van der Waals surface area contributed by atoms with Crippen LogP contribution < -0.4 is 10.0 Å². The third kappa shape index (κ3) is 6.27. The second-order valence-electron chi connectivity index (χ2n) is 8.16. The van der Waals surface area contributed by atoms with Gasteiger partial charge in [0.1, 0.15) is 11.9 Å². The molecule has 172 valence electrons. The van der Waals surface area contributed by atoms with Gasteiger partial charge >= 0.3 is 0 Å². The lowest BCUT2D eigenvalue weighted by Crippen LogP contribution is -2.46. The number of hydrogen-bond acceptors (Lipinski definition) is 6.